The van der Waals surface area contributed by atoms with E-state index in [2.05, 4.69) is 40.1 Å². The van der Waals surface area contributed by atoms with Gasteiger partial charge in [-0.05, 0) is 48.4 Å². The number of hydrogen-bond acceptors (Lipinski definition) is 4. The topological polar surface area (TPSA) is 24.9 Å². The van der Waals surface area contributed by atoms with Gasteiger partial charge in [0.05, 0.1) is 6.61 Å². The molecule has 1 aliphatic heterocycles. The Bertz CT molecular complexity index is 1070. The number of piperazine rings is 1. The number of halogens is 1. The number of nitrogens with zero attached hydrogens (tertiary/aromatic N) is 2. The minimum atomic E-state index is 0.424. The maximum atomic E-state index is 6.08. The molecule has 3 aromatic rings. The van der Waals surface area contributed by atoms with Gasteiger partial charge in [-0.15, -0.1) is 0 Å². The van der Waals surface area contributed by atoms with Gasteiger partial charge >= 0.3 is 0 Å². The van der Waals surface area contributed by atoms with Crippen molar-refractivity contribution in [2.24, 2.45) is 0 Å². The SMILES string of the molecule is CCOc1cc(C(=S)N2CCN(Cc3ccccc3)CC2)ccc1OCc1cccc(Cl)c1. The molecule has 6 heteroatoms. The van der Waals surface area contributed by atoms with Crippen LogP contribution in [-0.4, -0.2) is 47.6 Å². The summed E-state index contributed by atoms with van der Waals surface area (Å²) >= 11 is 11.9. The van der Waals surface area contributed by atoms with Gasteiger partial charge in [0.15, 0.2) is 11.5 Å². The maximum Gasteiger partial charge on any atom is 0.161 e. The fraction of sp³-hybridized carbons (Fsp3) is 0.296. The number of ether oxygens (including phenoxy) is 2. The molecule has 0 amide bonds. The molecule has 0 saturated carbocycles. The van der Waals surface area contributed by atoms with E-state index in [0.29, 0.717) is 29.7 Å². The summed E-state index contributed by atoms with van der Waals surface area (Å²) < 4.78 is 11.9. The third-order valence-corrected chi connectivity index (χ3v) is 6.41. The van der Waals surface area contributed by atoms with Crippen LogP contribution in [0.25, 0.3) is 0 Å². The summed E-state index contributed by atoms with van der Waals surface area (Å²) in [7, 11) is 0. The average Bonchev–Trinajstić information content (AvgIpc) is 2.84. The van der Waals surface area contributed by atoms with Gasteiger partial charge in [0.25, 0.3) is 0 Å². The quantitative estimate of drug-likeness (QED) is 0.379. The highest BCUT2D eigenvalue weighted by molar-refractivity contribution is 7.80. The Hall–Kier alpha value is -2.60. The first kappa shape index (κ1) is 23.6. The normalized spacial score (nSPS) is 14.2. The van der Waals surface area contributed by atoms with Crippen molar-refractivity contribution in [2.45, 2.75) is 20.1 Å². The zero-order chi connectivity index (χ0) is 23.0. The van der Waals surface area contributed by atoms with Crippen molar-refractivity contribution in [1.29, 1.82) is 0 Å². The molecule has 4 nitrogen and oxygen atoms in total. The molecule has 1 aliphatic rings. The van der Waals surface area contributed by atoms with Gasteiger partial charge in [0, 0.05) is 43.3 Å². The molecule has 0 radical (unpaired) electrons. The number of rotatable bonds is 8. The second-order valence-corrected chi connectivity index (χ2v) is 8.89. The Morgan fingerprint density at radius 2 is 1.61 bits per heavy atom. The fourth-order valence-electron chi connectivity index (χ4n) is 3.95. The van der Waals surface area contributed by atoms with E-state index < -0.39 is 0 Å². The van der Waals surface area contributed by atoms with Crippen LogP contribution in [-0.2, 0) is 13.2 Å². The molecule has 0 spiro atoms. The van der Waals surface area contributed by atoms with Crippen LogP contribution in [0.2, 0.25) is 5.02 Å². The molecule has 0 unspecified atom stereocenters. The molecule has 1 saturated heterocycles. The van der Waals surface area contributed by atoms with E-state index in [0.717, 1.165) is 48.8 Å². The van der Waals surface area contributed by atoms with Crippen LogP contribution in [0, 0.1) is 0 Å². The summed E-state index contributed by atoms with van der Waals surface area (Å²) in [4.78, 5) is 5.62. The van der Waals surface area contributed by atoms with Gasteiger partial charge in [-0.2, -0.15) is 0 Å². The number of hydrogen-bond donors (Lipinski definition) is 0. The van der Waals surface area contributed by atoms with E-state index in [1.165, 1.54) is 5.56 Å². The summed E-state index contributed by atoms with van der Waals surface area (Å²) in [6.45, 7) is 7.76. The summed E-state index contributed by atoms with van der Waals surface area (Å²) in [6.07, 6.45) is 0. The Balaban J connectivity index is 1.37. The van der Waals surface area contributed by atoms with E-state index in [1.807, 2.05) is 49.4 Å². The van der Waals surface area contributed by atoms with Gasteiger partial charge in [0.1, 0.15) is 11.6 Å². The lowest BCUT2D eigenvalue weighted by Crippen LogP contribution is -2.48. The Morgan fingerprint density at radius 3 is 2.33 bits per heavy atom. The van der Waals surface area contributed by atoms with E-state index in [4.69, 9.17) is 33.3 Å². The van der Waals surface area contributed by atoms with Crippen molar-refractivity contribution in [1.82, 2.24) is 9.80 Å². The zero-order valence-corrected chi connectivity index (χ0v) is 20.4. The zero-order valence-electron chi connectivity index (χ0n) is 18.9. The van der Waals surface area contributed by atoms with Gasteiger partial charge in [-0.3, -0.25) is 4.90 Å². The lowest BCUT2D eigenvalue weighted by molar-refractivity contribution is 0.177. The minimum Gasteiger partial charge on any atom is -0.490 e. The summed E-state index contributed by atoms with van der Waals surface area (Å²) in [5, 5.41) is 0.700. The van der Waals surface area contributed by atoms with Crippen LogP contribution in [0.4, 0.5) is 0 Å². The molecular weight excluding hydrogens is 452 g/mol. The van der Waals surface area contributed by atoms with Crippen molar-refractivity contribution in [3.05, 3.63) is 94.5 Å². The van der Waals surface area contributed by atoms with Crippen molar-refractivity contribution in [3.8, 4) is 11.5 Å². The molecule has 4 rings (SSSR count). The smallest absolute Gasteiger partial charge is 0.161 e. The van der Waals surface area contributed by atoms with E-state index >= 15 is 0 Å². The second kappa shape index (κ2) is 11.5. The predicted octanol–water partition coefficient (Wildman–Crippen LogP) is 5.81. The highest BCUT2D eigenvalue weighted by Gasteiger charge is 2.21. The standard InChI is InChI=1S/C27H29ClN2O2S/c1-2-31-26-18-23(11-12-25(26)32-20-22-9-6-10-24(28)17-22)27(33)30-15-13-29(14-16-30)19-21-7-4-3-5-8-21/h3-12,17-18H,2,13-16,19-20H2,1H3. The molecule has 0 N–H and O–H groups in total. The molecule has 172 valence electrons. The highest BCUT2D eigenvalue weighted by atomic mass is 35.5. The summed E-state index contributed by atoms with van der Waals surface area (Å²) in [5.41, 5.74) is 3.35. The van der Waals surface area contributed by atoms with Crippen LogP contribution in [0.1, 0.15) is 23.6 Å². The fourth-order valence-corrected chi connectivity index (χ4v) is 4.47. The Kier molecular flexibility index (Phi) is 8.21. The minimum absolute atomic E-state index is 0.424. The first-order valence-corrected chi connectivity index (χ1v) is 12.1. The Labute approximate surface area is 206 Å². The van der Waals surface area contributed by atoms with Crippen LogP contribution in [0.3, 0.4) is 0 Å². The number of thiocarbonyl (C=S) groups is 1. The third kappa shape index (κ3) is 6.47. The first-order chi connectivity index (χ1) is 16.1. The van der Waals surface area contributed by atoms with Crippen LogP contribution in [0.5, 0.6) is 11.5 Å². The van der Waals surface area contributed by atoms with Crippen LogP contribution in [0.15, 0.2) is 72.8 Å². The number of benzene rings is 3. The summed E-state index contributed by atoms with van der Waals surface area (Å²) in [6, 6.07) is 24.3. The summed E-state index contributed by atoms with van der Waals surface area (Å²) in [5.74, 6) is 1.41. The molecule has 1 fully saturated rings. The molecule has 1 heterocycles. The predicted molar refractivity (Wildman–Crippen MR) is 138 cm³/mol. The molecule has 0 aliphatic carbocycles. The molecule has 0 atom stereocenters. The van der Waals surface area contributed by atoms with Gasteiger partial charge in [-0.1, -0.05) is 66.3 Å². The lowest BCUT2D eigenvalue weighted by Gasteiger charge is -2.36. The molecule has 33 heavy (non-hydrogen) atoms. The first-order valence-electron chi connectivity index (χ1n) is 11.3. The third-order valence-electron chi connectivity index (χ3n) is 5.68. The van der Waals surface area contributed by atoms with E-state index in [1.54, 1.807) is 0 Å². The van der Waals surface area contributed by atoms with E-state index in [9.17, 15) is 0 Å². The van der Waals surface area contributed by atoms with Gasteiger partial charge < -0.3 is 14.4 Å². The maximum absolute atomic E-state index is 6.08. The molecule has 0 aromatic heterocycles. The second-order valence-electron chi connectivity index (χ2n) is 8.07. The highest BCUT2D eigenvalue weighted by Crippen LogP contribution is 2.30. The van der Waals surface area contributed by atoms with Gasteiger partial charge in [0.2, 0.25) is 0 Å². The average molecular weight is 481 g/mol. The van der Waals surface area contributed by atoms with E-state index in [-0.39, 0.29) is 0 Å². The lowest BCUT2D eigenvalue weighted by atomic mass is 10.1. The van der Waals surface area contributed by atoms with Crippen molar-refractivity contribution >= 4 is 28.8 Å². The van der Waals surface area contributed by atoms with Crippen LogP contribution < -0.4 is 9.47 Å². The largest absolute Gasteiger partial charge is 0.490 e. The van der Waals surface area contributed by atoms with Crippen LogP contribution >= 0.6 is 23.8 Å². The van der Waals surface area contributed by atoms with Crippen molar-refractivity contribution in [3.63, 3.8) is 0 Å². The molecule has 0 bridgehead atoms. The van der Waals surface area contributed by atoms with Gasteiger partial charge in [-0.25, -0.2) is 0 Å². The molecule has 3 aromatic carbocycles. The monoisotopic (exact) mass is 480 g/mol. The Morgan fingerprint density at radius 1 is 0.848 bits per heavy atom. The van der Waals surface area contributed by atoms with Crippen molar-refractivity contribution in [2.75, 3.05) is 32.8 Å². The van der Waals surface area contributed by atoms with Crippen molar-refractivity contribution < 1.29 is 9.47 Å². The molecular formula is C27H29ClN2O2S.